The lowest BCUT2D eigenvalue weighted by atomic mass is 10.1. The van der Waals surface area contributed by atoms with E-state index < -0.39 is 0 Å². The van der Waals surface area contributed by atoms with Gasteiger partial charge in [0.25, 0.3) is 0 Å². The third-order valence-corrected chi connectivity index (χ3v) is 4.03. The van der Waals surface area contributed by atoms with Crippen LogP contribution in [-0.4, -0.2) is 26.2 Å². The van der Waals surface area contributed by atoms with Gasteiger partial charge in [-0.3, -0.25) is 4.90 Å². The van der Waals surface area contributed by atoms with Crippen molar-refractivity contribution >= 4 is 0 Å². The van der Waals surface area contributed by atoms with Crippen molar-refractivity contribution in [3.8, 4) is 0 Å². The molecule has 5 nitrogen and oxygen atoms in total. The molecular formula is C15H22N4O. The van der Waals surface area contributed by atoms with Crippen molar-refractivity contribution in [1.82, 2.24) is 19.6 Å². The van der Waals surface area contributed by atoms with Gasteiger partial charge in [0.15, 0.2) is 5.82 Å². The number of rotatable bonds is 4. The molecule has 0 aromatic carbocycles. The third-order valence-electron chi connectivity index (χ3n) is 4.03. The zero-order valence-corrected chi connectivity index (χ0v) is 12.4. The zero-order valence-electron chi connectivity index (χ0n) is 12.4. The molecule has 1 saturated heterocycles. The van der Waals surface area contributed by atoms with Crippen molar-refractivity contribution in [2.24, 2.45) is 7.05 Å². The summed E-state index contributed by atoms with van der Waals surface area (Å²) in [5.74, 6) is 1.85. The maximum atomic E-state index is 5.37. The fourth-order valence-corrected chi connectivity index (χ4v) is 2.91. The Bertz CT molecular complexity index is 572. The Balaban J connectivity index is 1.74. The predicted molar refractivity (Wildman–Crippen MR) is 76.2 cm³/mol. The molecule has 5 heteroatoms. The van der Waals surface area contributed by atoms with Gasteiger partial charge in [-0.15, -0.1) is 0 Å². The van der Waals surface area contributed by atoms with Crippen LogP contribution in [0.15, 0.2) is 22.9 Å². The van der Waals surface area contributed by atoms with Gasteiger partial charge in [0.2, 0.25) is 5.89 Å². The highest BCUT2D eigenvalue weighted by Gasteiger charge is 2.29. The largest absolute Gasteiger partial charge is 0.353 e. The topological polar surface area (TPSA) is 47.1 Å². The standard InChI is InChI=1S/C15H22N4O/c1-11(2)15-16-14(20-17-15)10-19-9-5-7-13(19)12-6-4-8-18(12)3/h4,6,8,11,13H,5,7,9-10H2,1-3H3/t13-/m1/s1. The minimum Gasteiger partial charge on any atom is -0.353 e. The van der Waals surface area contributed by atoms with Crippen LogP contribution in [0.5, 0.6) is 0 Å². The van der Waals surface area contributed by atoms with Crippen LogP contribution in [0.3, 0.4) is 0 Å². The molecule has 2 aromatic rings. The molecule has 0 unspecified atom stereocenters. The Labute approximate surface area is 119 Å². The molecule has 0 spiro atoms. The van der Waals surface area contributed by atoms with E-state index in [1.54, 1.807) is 0 Å². The van der Waals surface area contributed by atoms with Crippen LogP contribution in [-0.2, 0) is 13.6 Å². The number of aryl methyl sites for hydroxylation is 1. The summed E-state index contributed by atoms with van der Waals surface area (Å²) in [7, 11) is 2.11. The molecule has 0 bridgehead atoms. The summed E-state index contributed by atoms with van der Waals surface area (Å²) >= 11 is 0. The van der Waals surface area contributed by atoms with Crippen molar-refractivity contribution in [1.29, 1.82) is 0 Å². The quantitative estimate of drug-likeness (QED) is 0.860. The highest BCUT2D eigenvalue weighted by molar-refractivity contribution is 5.13. The SMILES string of the molecule is CC(C)c1noc(CN2CCC[C@@H]2c2cccn2C)n1. The van der Waals surface area contributed by atoms with E-state index in [1.807, 2.05) is 0 Å². The van der Waals surface area contributed by atoms with Gasteiger partial charge < -0.3 is 9.09 Å². The van der Waals surface area contributed by atoms with Crippen molar-refractivity contribution in [2.45, 2.75) is 45.2 Å². The van der Waals surface area contributed by atoms with Gasteiger partial charge >= 0.3 is 0 Å². The first-order valence-electron chi connectivity index (χ1n) is 7.33. The van der Waals surface area contributed by atoms with Crippen LogP contribution in [0.25, 0.3) is 0 Å². The molecular weight excluding hydrogens is 252 g/mol. The normalized spacial score (nSPS) is 20.1. The molecule has 0 amide bonds. The van der Waals surface area contributed by atoms with E-state index in [0.717, 1.165) is 24.8 Å². The molecule has 3 heterocycles. The minimum absolute atomic E-state index is 0.315. The van der Waals surface area contributed by atoms with E-state index in [-0.39, 0.29) is 0 Å². The first kappa shape index (κ1) is 13.4. The van der Waals surface area contributed by atoms with E-state index >= 15 is 0 Å². The first-order valence-corrected chi connectivity index (χ1v) is 7.33. The average Bonchev–Trinajstić information content (AvgIpc) is 3.10. The Morgan fingerprint density at radius 1 is 1.45 bits per heavy atom. The fourth-order valence-electron chi connectivity index (χ4n) is 2.91. The van der Waals surface area contributed by atoms with Crippen LogP contribution in [0.1, 0.15) is 56.1 Å². The average molecular weight is 274 g/mol. The van der Waals surface area contributed by atoms with Crippen molar-refractivity contribution in [3.63, 3.8) is 0 Å². The van der Waals surface area contributed by atoms with Gasteiger partial charge in [-0.1, -0.05) is 19.0 Å². The van der Waals surface area contributed by atoms with E-state index in [9.17, 15) is 0 Å². The third kappa shape index (κ3) is 2.50. The molecule has 1 aliphatic rings. The summed E-state index contributed by atoms with van der Waals surface area (Å²) in [6.07, 6.45) is 4.53. The Morgan fingerprint density at radius 2 is 2.30 bits per heavy atom. The van der Waals surface area contributed by atoms with Crippen molar-refractivity contribution < 1.29 is 4.52 Å². The van der Waals surface area contributed by atoms with Gasteiger partial charge in [0, 0.05) is 24.9 Å². The molecule has 3 rings (SSSR count). The number of nitrogens with zero attached hydrogens (tertiary/aromatic N) is 4. The summed E-state index contributed by atoms with van der Waals surface area (Å²) in [5, 5.41) is 4.05. The number of hydrogen-bond acceptors (Lipinski definition) is 4. The van der Waals surface area contributed by atoms with Crippen LogP contribution in [0, 0.1) is 0 Å². The molecule has 2 aromatic heterocycles. The number of likely N-dealkylation sites (tertiary alicyclic amines) is 1. The second-order valence-corrected chi connectivity index (χ2v) is 5.87. The monoisotopic (exact) mass is 274 g/mol. The van der Waals surface area contributed by atoms with Crippen LogP contribution in [0.4, 0.5) is 0 Å². The smallest absolute Gasteiger partial charge is 0.240 e. The van der Waals surface area contributed by atoms with E-state index in [1.165, 1.54) is 18.5 Å². The van der Waals surface area contributed by atoms with E-state index in [2.05, 4.69) is 58.8 Å². The lowest BCUT2D eigenvalue weighted by molar-refractivity contribution is 0.207. The second kappa shape index (κ2) is 5.40. The fraction of sp³-hybridized carbons (Fsp3) is 0.600. The molecule has 0 radical (unpaired) electrons. The van der Waals surface area contributed by atoms with Crippen molar-refractivity contribution in [2.75, 3.05) is 6.54 Å². The van der Waals surface area contributed by atoms with Crippen LogP contribution >= 0.6 is 0 Å². The van der Waals surface area contributed by atoms with Gasteiger partial charge in [-0.2, -0.15) is 4.98 Å². The summed E-state index contributed by atoms with van der Waals surface area (Å²) in [4.78, 5) is 6.92. The second-order valence-electron chi connectivity index (χ2n) is 5.87. The summed E-state index contributed by atoms with van der Waals surface area (Å²) < 4.78 is 7.58. The van der Waals surface area contributed by atoms with Crippen molar-refractivity contribution in [3.05, 3.63) is 35.7 Å². The first-order chi connectivity index (χ1) is 9.65. The highest BCUT2D eigenvalue weighted by atomic mass is 16.5. The van der Waals surface area contributed by atoms with E-state index in [4.69, 9.17) is 4.52 Å². The molecule has 20 heavy (non-hydrogen) atoms. The summed E-state index contributed by atoms with van der Waals surface area (Å²) in [6, 6.07) is 4.77. The summed E-state index contributed by atoms with van der Waals surface area (Å²) in [5.41, 5.74) is 1.37. The lowest BCUT2D eigenvalue weighted by Crippen LogP contribution is -2.24. The molecule has 0 aliphatic carbocycles. The van der Waals surface area contributed by atoms with Gasteiger partial charge in [0.05, 0.1) is 12.6 Å². The Hall–Kier alpha value is -1.62. The number of aromatic nitrogens is 3. The maximum Gasteiger partial charge on any atom is 0.240 e. The molecule has 0 N–H and O–H groups in total. The molecule has 1 atom stereocenters. The zero-order chi connectivity index (χ0) is 14.1. The summed E-state index contributed by atoms with van der Waals surface area (Å²) in [6.45, 7) is 6.00. The lowest BCUT2D eigenvalue weighted by Gasteiger charge is -2.23. The maximum absolute atomic E-state index is 5.37. The van der Waals surface area contributed by atoms with Crippen LogP contribution in [0.2, 0.25) is 0 Å². The minimum atomic E-state index is 0.315. The molecule has 1 fully saturated rings. The highest BCUT2D eigenvalue weighted by Crippen LogP contribution is 2.32. The number of hydrogen-bond donors (Lipinski definition) is 0. The molecule has 108 valence electrons. The van der Waals surface area contributed by atoms with Gasteiger partial charge in [0.1, 0.15) is 0 Å². The van der Waals surface area contributed by atoms with Gasteiger partial charge in [-0.05, 0) is 31.5 Å². The Morgan fingerprint density at radius 3 is 2.95 bits per heavy atom. The van der Waals surface area contributed by atoms with Crippen LogP contribution < -0.4 is 0 Å². The molecule has 0 saturated carbocycles. The van der Waals surface area contributed by atoms with Gasteiger partial charge in [-0.25, -0.2) is 0 Å². The van der Waals surface area contributed by atoms with E-state index in [0.29, 0.717) is 12.0 Å². The Kier molecular flexibility index (Phi) is 3.61. The predicted octanol–water partition coefficient (Wildman–Crippen LogP) is 2.87. The molecule has 1 aliphatic heterocycles.